The molecule has 0 unspecified atom stereocenters. The van der Waals surface area contributed by atoms with Crippen molar-refractivity contribution < 1.29 is 9.59 Å². The van der Waals surface area contributed by atoms with Crippen LogP contribution in [0.25, 0.3) is 0 Å². The Morgan fingerprint density at radius 1 is 1.29 bits per heavy atom. The SMILES string of the molecule is Cc1cc(Br)ccc1NC(=O)CCC(=O)N1CCc2sccc2C1. The number of carbonyl (C=O) groups is 2. The predicted molar refractivity (Wildman–Crippen MR) is 100 cm³/mol. The minimum atomic E-state index is -0.123. The lowest BCUT2D eigenvalue weighted by atomic mass is 10.1. The number of amides is 2. The molecule has 1 aliphatic heterocycles. The van der Waals surface area contributed by atoms with Crippen LogP contribution in [-0.2, 0) is 22.6 Å². The highest BCUT2D eigenvalue weighted by Crippen LogP contribution is 2.24. The van der Waals surface area contributed by atoms with Gasteiger partial charge in [-0.1, -0.05) is 15.9 Å². The van der Waals surface area contributed by atoms with Gasteiger partial charge < -0.3 is 10.2 Å². The second-order valence-electron chi connectivity index (χ2n) is 5.94. The minimum Gasteiger partial charge on any atom is -0.338 e. The molecular formula is C18H19BrN2O2S. The molecule has 4 nitrogen and oxygen atoms in total. The van der Waals surface area contributed by atoms with Crippen molar-refractivity contribution in [2.75, 3.05) is 11.9 Å². The molecule has 24 heavy (non-hydrogen) atoms. The van der Waals surface area contributed by atoms with Crippen molar-refractivity contribution in [1.29, 1.82) is 0 Å². The number of anilines is 1. The fraction of sp³-hybridized carbons (Fsp3) is 0.333. The summed E-state index contributed by atoms with van der Waals surface area (Å²) in [5.41, 5.74) is 3.02. The van der Waals surface area contributed by atoms with Gasteiger partial charge in [-0.05, 0) is 54.1 Å². The molecule has 0 bridgehead atoms. The third kappa shape index (κ3) is 4.05. The Morgan fingerprint density at radius 3 is 2.92 bits per heavy atom. The number of aryl methyl sites for hydroxylation is 1. The van der Waals surface area contributed by atoms with Gasteiger partial charge in [-0.2, -0.15) is 0 Å². The van der Waals surface area contributed by atoms with Gasteiger partial charge in [0.1, 0.15) is 0 Å². The van der Waals surface area contributed by atoms with E-state index in [4.69, 9.17) is 0 Å². The van der Waals surface area contributed by atoms with E-state index in [1.807, 2.05) is 30.0 Å². The first-order valence-corrected chi connectivity index (χ1v) is 9.59. The molecule has 3 rings (SSSR count). The van der Waals surface area contributed by atoms with Gasteiger partial charge in [0.15, 0.2) is 0 Å². The summed E-state index contributed by atoms with van der Waals surface area (Å²) in [6.07, 6.45) is 1.38. The van der Waals surface area contributed by atoms with Crippen molar-refractivity contribution in [2.24, 2.45) is 0 Å². The van der Waals surface area contributed by atoms with Gasteiger partial charge in [0.05, 0.1) is 0 Å². The molecule has 0 spiro atoms. The third-order valence-corrected chi connectivity index (χ3v) is 5.71. The van der Waals surface area contributed by atoms with Gasteiger partial charge in [0.25, 0.3) is 0 Å². The number of hydrogen-bond acceptors (Lipinski definition) is 3. The summed E-state index contributed by atoms with van der Waals surface area (Å²) in [7, 11) is 0. The van der Waals surface area contributed by atoms with Crippen molar-refractivity contribution in [3.05, 3.63) is 50.1 Å². The van der Waals surface area contributed by atoms with E-state index in [-0.39, 0.29) is 24.7 Å². The van der Waals surface area contributed by atoms with Crippen LogP contribution in [0.3, 0.4) is 0 Å². The lowest BCUT2D eigenvalue weighted by Gasteiger charge is -2.27. The van der Waals surface area contributed by atoms with Crippen LogP contribution in [0.1, 0.15) is 28.8 Å². The summed E-state index contributed by atoms with van der Waals surface area (Å²) in [5, 5.41) is 4.95. The van der Waals surface area contributed by atoms with Crippen LogP contribution in [-0.4, -0.2) is 23.3 Å². The smallest absolute Gasteiger partial charge is 0.224 e. The number of fused-ring (bicyclic) bond motifs is 1. The minimum absolute atomic E-state index is 0.0505. The molecule has 6 heteroatoms. The maximum atomic E-state index is 12.3. The van der Waals surface area contributed by atoms with E-state index < -0.39 is 0 Å². The second-order valence-corrected chi connectivity index (χ2v) is 7.86. The number of rotatable bonds is 4. The predicted octanol–water partition coefficient (Wildman–Crippen LogP) is 4.12. The van der Waals surface area contributed by atoms with E-state index in [9.17, 15) is 9.59 Å². The highest BCUT2D eigenvalue weighted by atomic mass is 79.9. The summed E-state index contributed by atoms with van der Waals surface area (Å²) in [5.74, 6) is -0.0727. The molecule has 0 saturated carbocycles. The fourth-order valence-electron chi connectivity index (χ4n) is 2.82. The topological polar surface area (TPSA) is 49.4 Å². The molecule has 0 saturated heterocycles. The van der Waals surface area contributed by atoms with Crippen molar-refractivity contribution in [1.82, 2.24) is 4.90 Å². The quantitative estimate of drug-likeness (QED) is 0.829. The first-order chi connectivity index (χ1) is 11.5. The summed E-state index contributed by atoms with van der Waals surface area (Å²) in [6, 6.07) is 7.79. The van der Waals surface area contributed by atoms with Crippen LogP contribution in [0, 0.1) is 6.92 Å². The van der Waals surface area contributed by atoms with E-state index in [2.05, 4.69) is 32.7 Å². The van der Waals surface area contributed by atoms with E-state index in [0.29, 0.717) is 6.54 Å². The lowest BCUT2D eigenvalue weighted by Crippen LogP contribution is -2.35. The summed E-state index contributed by atoms with van der Waals surface area (Å²) in [6.45, 7) is 3.36. The van der Waals surface area contributed by atoms with E-state index in [1.165, 1.54) is 10.4 Å². The maximum Gasteiger partial charge on any atom is 0.224 e. The van der Waals surface area contributed by atoms with Gasteiger partial charge in [-0.15, -0.1) is 11.3 Å². The molecule has 2 aromatic rings. The molecule has 0 fully saturated rings. The van der Waals surface area contributed by atoms with Crippen molar-refractivity contribution >= 4 is 44.8 Å². The normalized spacial score (nSPS) is 13.5. The van der Waals surface area contributed by atoms with Crippen molar-refractivity contribution in [3.8, 4) is 0 Å². The standard InChI is InChI=1S/C18H19BrN2O2S/c1-12-10-14(19)2-3-15(12)20-17(22)4-5-18(23)21-8-6-16-13(11-21)7-9-24-16/h2-3,7,9-10H,4-6,8,11H2,1H3,(H,20,22). The molecule has 1 N–H and O–H groups in total. The van der Waals surface area contributed by atoms with Crippen molar-refractivity contribution in [2.45, 2.75) is 32.7 Å². The largest absolute Gasteiger partial charge is 0.338 e. The zero-order valence-corrected chi connectivity index (χ0v) is 15.9. The Labute approximate surface area is 154 Å². The summed E-state index contributed by atoms with van der Waals surface area (Å²) >= 11 is 5.16. The molecule has 0 aliphatic carbocycles. The molecule has 2 amide bonds. The van der Waals surface area contributed by atoms with Gasteiger partial charge in [-0.3, -0.25) is 9.59 Å². The average molecular weight is 407 g/mol. The molecule has 1 aliphatic rings. The number of hydrogen-bond donors (Lipinski definition) is 1. The first-order valence-electron chi connectivity index (χ1n) is 7.92. The molecule has 1 aromatic carbocycles. The molecule has 2 heterocycles. The fourth-order valence-corrected chi connectivity index (χ4v) is 4.19. The number of benzene rings is 1. The molecule has 1 aromatic heterocycles. The van der Waals surface area contributed by atoms with Crippen LogP contribution >= 0.6 is 27.3 Å². The lowest BCUT2D eigenvalue weighted by molar-refractivity contribution is -0.133. The van der Waals surface area contributed by atoms with Crippen LogP contribution in [0.2, 0.25) is 0 Å². The van der Waals surface area contributed by atoms with E-state index in [0.717, 1.165) is 28.7 Å². The Morgan fingerprint density at radius 2 is 2.12 bits per heavy atom. The van der Waals surface area contributed by atoms with E-state index >= 15 is 0 Å². The maximum absolute atomic E-state index is 12.3. The zero-order valence-electron chi connectivity index (χ0n) is 13.5. The van der Waals surface area contributed by atoms with Gasteiger partial charge >= 0.3 is 0 Å². The Balaban J connectivity index is 1.50. The molecule has 126 valence electrons. The highest BCUT2D eigenvalue weighted by molar-refractivity contribution is 9.10. The van der Waals surface area contributed by atoms with Gasteiger partial charge in [0.2, 0.25) is 11.8 Å². The number of nitrogens with one attached hydrogen (secondary N) is 1. The van der Waals surface area contributed by atoms with Crippen LogP contribution in [0.4, 0.5) is 5.69 Å². The van der Waals surface area contributed by atoms with Gasteiger partial charge in [0, 0.05) is 41.0 Å². The van der Waals surface area contributed by atoms with Crippen molar-refractivity contribution in [3.63, 3.8) is 0 Å². The second kappa shape index (κ2) is 7.49. The molecule has 0 atom stereocenters. The molecule has 0 radical (unpaired) electrons. The number of thiophene rings is 1. The third-order valence-electron chi connectivity index (χ3n) is 4.19. The summed E-state index contributed by atoms with van der Waals surface area (Å²) in [4.78, 5) is 27.7. The monoisotopic (exact) mass is 406 g/mol. The van der Waals surface area contributed by atoms with Crippen LogP contribution < -0.4 is 5.32 Å². The Hall–Kier alpha value is -1.66. The summed E-state index contributed by atoms with van der Waals surface area (Å²) < 4.78 is 0.978. The number of carbonyl (C=O) groups excluding carboxylic acids is 2. The number of nitrogens with zero attached hydrogens (tertiary/aromatic N) is 1. The first kappa shape index (κ1) is 17.2. The average Bonchev–Trinajstić information content (AvgIpc) is 3.03. The van der Waals surface area contributed by atoms with Crippen LogP contribution in [0.5, 0.6) is 0 Å². The van der Waals surface area contributed by atoms with E-state index in [1.54, 1.807) is 11.3 Å². The van der Waals surface area contributed by atoms with Crippen LogP contribution in [0.15, 0.2) is 34.1 Å². The Bertz CT molecular complexity index is 772. The highest BCUT2D eigenvalue weighted by Gasteiger charge is 2.21. The Kier molecular flexibility index (Phi) is 5.36. The number of halogens is 1. The molecular weight excluding hydrogens is 388 g/mol. The zero-order chi connectivity index (χ0) is 17.1. The van der Waals surface area contributed by atoms with Gasteiger partial charge in [-0.25, -0.2) is 0 Å².